The summed E-state index contributed by atoms with van der Waals surface area (Å²) in [6.07, 6.45) is 5.14. The Kier molecular flexibility index (Phi) is 3.13. The number of rotatable bonds is 2. The lowest BCUT2D eigenvalue weighted by Crippen LogP contribution is -2.38. The molecule has 2 rings (SSSR count). The first kappa shape index (κ1) is 11.4. The summed E-state index contributed by atoms with van der Waals surface area (Å²) < 4.78 is 13.0. The van der Waals surface area contributed by atoms with Crippen molar-refractivity contribution in [3.8, 4) is 0 Å². The number of halogens is 1. The molecule has 3 heteroatoms. The van der Waals surface area contributed by atoms with E-state index in [9.17, 15) is 4.39 Å². The molecular formula is C13H19FN2. The highest BCUT2D eigenvalue weighted by molar-refractivity contribution is 5.45. The summed E-state index contributed by atoms with van der Waals surface area (Å²) in [6, 6.07) is 3.41. The van der Waals surface area contributed by atoms with Crippen LogP contribution in [-0.2, 0) is 0 Å². The van der Waals surface area contributed by atoms with Gasteiger partial charge in [0.2, 0.25) is 5.95 Å². The molecule has 0 saturated carbocycles. The predicted molar refractivity (Wildman–Crippen MR) is 64.0 cm³/mol. The van der Waals surface area contributed by atoms with Gasteiger partial charge < -0.3 is 4.90 Å². The second kappa shape index (κ2) is 4.40. The third-order valence-electron chi connectivity index (χ3n) is 3.90. The maximum Gasteiger partial charge on any atom is 0.214 e. The maximum absolute atomic E-state index is 13.0. The molecule has 0 aromatic carbocycles. The molecule has 0 radical (unpaired) electrons. The van der Waals surface area contributed by atoms with E-state index < -0.39 is 0 Å². The Hall–Kier alpha value is -1.12. The van der Waals surface area contributed by atoms with Crippen LogP contribution in [0.1, 0.15) is 33.1 Å². The summed E-state index contributed by atoms with van der Waals surface area (Å²) in [6.45, 7) is 6.64. The minimum atomic E-state index is -0.388. The van der Waals surface area contributed by atoms with Gasteiger partial charge >= 0.3 is 0 Å². The normalized spacial score (nSPS) is 19.8. The molecule has 1 aromatic heterocycles. The zero-order chi connectivity index (χ0) is 11.6. The Labute approximate surface area is 96.5 Å². The molecule has 1 aliphatic rings. The quantitative estimate of drug-likeness (QED) is 0.714. The summed E-state index contributed by atoms with van der Waals surface area (Å²) in [4.78, 5) is 5.84. The van der Waals surface area contributed by atoms with Crippen LogP contribution in [0.2, 0.25) is 0 Å². The molecule has 1 aliphatic heterocycles. The lowest BCUT2D eigenvalue weighted by molar-refractivity contribution is 0.238. The number of hydrogen-bond donors (Lipinski definition) is 0. The van der Waals surface area contributed by atoms with Crippen LogP contribution in [0.4, 0.5) is 10.1 Å². The molecule has 16 heavy (non-hydrogen) atoms. The van der Waals surface area contributed by atoms with Gasteiger partial charge in [0.1, 0.15) is 0 Å². The van der Waals surface area contributed by atoms with E-state index in [-0.39, 0.29) is 5.95 Å². The molecule has 0 atom stereocenters. The van der Waals surface area contributed by atoms with Crippen molar-refractivity contribution in [3.63, 3.8) is 0 Å². The van der Waals surface area contributed by atoms with Gasteiger partial charge in [-0.15, -0.1) is 0 Å². The summed E-state index contributed by atoms with van der Waals surface area (Å²) in [5.41, 5.74) is 1.44. The summed E-state index contributed by atoms with van der Waals surface area (Å²) in [7, 11) is 0. The molecule has 2 nitrogen and oxygen atoms in total. The first-order valence-electron chi connectivity index (χ1n) is 5.99. The van der Waals surface area contributed by atoms with Crippen LogP contribution in [0, 0.1) is 11.4 Å². The van der Waals surface area contributed by atoms with E-state index in [4.69, 9.17) is 0 Å². The van der Waals surface area contributed by atoms with Crippen molar-refractivity contribution in [2.45, 2.75) is 33.1 Å². The molecule has 0 aliphatic carbocycles. The fourth-order valence-corrected chi connectivity index (χ4v) is 2.25. The zero-order valence-corrected chi connectivity index (χ0v) is 10.0. The molecule has 0 N–H and O–H groups in total. The minimum absolute atomic E-state index is 0.388. The van der Waals surface area contributed by atoms with E-state index >= 15 is 0 Å². The van der Waals surface area contributed by atoms with Crippen molar-refractivity contribution in [1.29, 1.82) is 0 Å². The second-order valence-electron chi connectivity index (χ2n) is 4.99. The van der Waals surface area contributed by atoms with Gasteiger partial charge in [0.25, 0.3) is 0 Å². The Bertz CT molecular complexity index is 357. The standard InChI is InChI=1S/C13H19FN2/c1-3-13(2)5-8-16(9-6-13)11-4-7-15-12(14)10-11/h4,7,10H,3,5-6,8-9H2,1-2H3. The van der Waals surface area contributed by atoms with Crippen LogP contribution >= 0.6 is 0 Å². The van der Waals surface area contributed by atoms with Gasteiger partial charge in [0.15, 0.2) is 0 Å². The van der Waals surface area contributed by atoms with Crippen molar-refractivity contribution in [2.75, 3.05) is 18.0 Å². The lowest BCUT2D eigenvalue weighted by atomic mass is 9.78. The predicted octanol–water partition coefficient (Wildman–Crippen LogP) is 3.24. The molecule has 0 unspecified atom stereocenters. The molecule has 1 fully saturated rings. The molecule has 2 heterocycles. The fraction of sp³-hybridized carbons (Fsp3) is 0.615. The van der Waals surface area contributed by atoms with Crippen LogP contribution in [0.25, 0.3) is 0 Å². The van der Waals surface area contributed by atoms with Gasteiger partial charge in [-0.1, -0.05) is 20.3 Å². The highest BCUT2D eigenvalue weighted by Crippen LogP contribution is 2.35. The van der Waals surface area contributed by atoms with Crippen molar-refractivity contribution in [1.82, 2.24) is 4.98 Å². The molecule has 0 spiro atoms. The largest absolute Gasteiger partial charge is 0.371 e. The number of anilines is 1. The first-order valence-corrected chi connectivity index (χ1v) is 5.99. The highest BCUT2D eigenvalue weighted by Gasteiger charge is 2.28. The van der Waals surface area contributed by atoms with Gasteiger partial charge in [-0.25, -0.2) is 4.98 Å². The average molecular weight is 222 g/mol. The van der Waals surface area contributed by atoms with Gasteiger partial charge in [0, 0.05) is 31.0 Å². The number of pyridine rings is 1. The molecule has 0 amide bonds. The van der Waals surface area contributed by atoms with Crippen molar-refractivity contribution in [3.05, 3.63) is 24.3 Å². The van der Waals surface area contributed by atoms with E-state index in [2.05, 4.69) is 23.7 Å². The number of aromatic nitrogens is 1. The van der Waals surface area contributed by atoms with Crippen LogP contribution in [0.5, 0.6) is 0 Å². The number of nitrogens with zero attached hydrogens (tertiary/aromatic N) is 2. The Morgan fingerprint density at radius 3 is 2.69 bits per heavy atom. The topological polar surface area (TPSA) is 16.1 Å². The van der Waals surface area contributed by atoms with Crippen LogP contribution in [0.3, 0.4) is 0 Å². The van der Waals surface area contributed by atoms with E-state index in [1.54, 1.807) is 0 Å². The van der Waals surface area contributed by atoms with E-state index in [1.165, 1.54) is 31.5 Å². The summed E-state index contributed by atoms with van der Waals surface area (Å²) in [5.74, 6) is -0.388. The van der Waals surface area contributed by atoms with Crippen LogP contribution in [-0.4, -0.2) is 18.1 Å². The van der Waals surface area contributed by atoms with Crippen LogP contribution < -0.4 is 4.90 Å². The minimum Gasteiger partial charge on any atom is -0.371 e. The third-order valence-corrected chi connectivity index (χ3v) is 3.90. The SMILES string of the molecule is CCC1(C)CCN(c2ccnc(F)c2)CC1. The van der Waals surface area contributed by atoms with Crippen molar-refractivity contribution in [2.24, 2.45) is 5.41 Å². The molecular weight excluding hydrogens is 203 g/mol. The lowest BCUT2D eigenvalue weighted by Gasteiger charge is -2.40. The smallest absolute Gasteiger partial charge is 0.214 e. The highest BCUT2D eigenvalue weighted by atomic mass is 19.1. The van der Waals surface area contributed by atoms with E-state index in [0.29, 0.717) is 5.41 Å². The van der Waals surface area contributed by atoms with Gasteiger partial charge in [0.05, 0.1) is 0 Å². The molecule has 1 saturated heterocycles. The Morgan fingerprint density at radius 1 is 1.44 bits per heavy atom. The van der Waals surface area contributed by atoms with E-state index in [0.717, 1.165) is 18.8 Å². The van der Waals surface area contributed by atoms with Crippen molar-refractivity contribution >= 4 is 5.69 Å². The molecule has 1 aromatic rings. The monoisotopic (exact) mass is 222 g/mol. The molecule has 88 valence electrons. The summed E-state index contributed by atoms with van der Waals surface area (Å²) in [5, 5.41) is 0. The van der Waals surface area contributed by atoms with Gasteiger partial charge in [-0.3, -0.25) is 0 Å². The fourth-order valence-electron chi connectivity index (χ4n) is 2.25. The average Bonchev–Trinajstić information content (AvgIpc) is 2.30. The summed E-state index contributed by atoms with van der Waals surface area (Å²) >= 11 is 0. The zero-order valence-electron chi connectivity index (χ0n) is 10.0. The molecule has 0 bridgehead atoms. The van der Waals surface area contributed by atoms with Crippen molar-refractivity contribution < 1.29 is 4.39 Å². The number of hydrogen-bond acceptors (Lipinski definition) is 2. The Balaban J connectivity index is 2.04. The maximum atomic E-state index is 13.0. The van der Waals surface area contributed by atoms with E-state index in [1.807, 2.05) is 6.07 Å². The third kappa shape index (κ3) is 2.34. The van der Waals surface area contributed by atoms with Gasteiger partial charge in [-0.2, -0.15) is 4.39 Å². The van der Waals surface area contributed by atoms with Gasteiger partial charge in [-0.05, 0) is 24.3 Å². The Morgan fingerprint density at radius 2 is 2.12 bits per heavy atom. The first-order chi connectivity index (χ1) is 7.63. The number of piperidine rings is 1. The van der Waals surface area contributed by atoms with Crippen LogP contribution in [0.15, 0.2) is 18.3 Å². The second-order valence-corrected chi connectivity index (χ2v) is 4.99.